The van der Waals surface area contributed by atoms with Crippen molar-refractivity contribution in [1.29, 1.82) is 0 Å². The minimum Gasteiger partial charge on any atom is -0.390 e. The number of nitrogens with zero attached hydrogens (tertiary/aromatic N) is 1. The number of aromatic nitrogens is 2. The Bertz CT molecular complexity index is 645. The van der Waals surface area contributed by atoms with Gasteiger partial charge in [0.25, 0.3) is 11.4 Å². The number of aromatic amines is 1. The van der Waals surface area contributed by atoms with Gasteiger partial charge in [0.2, 0.25) is 0 Å². The molecule has 116 valence electrons. The van der Waals surface area contributed by atoms with Crippen LogP contribution < -0.4 is 11.2 Å². The van der Waals surface area contributed by atoms with Crippen LogP contribution in [-0.2, 0) is 14.2 Å². The first-order valence-electron chi connectivity index (χ1n) is 6.58. The van der Waals surface area contributed by atoms with Gasteiger partial charge in [0.05, 0.1) is 0 Å². The van der Waals surface area contributed by atoms with Gasteiger partial charge in [-0.05, 0) is 6.42 Å². The zero-order valence-corrected chi connectivity index (χ0v) is 11.2. The molecule has 1 unspecified atom stereocenters. The highest BCUT2D eigenvalue weighted by molar-refractivity contribution is 5.00. The van der Waals surface area contributed by atoms with E-state index in [1.807, 2.05) is 0 Å². The van der Waals surface area contributed by atoms with E-state index in [9.17, 15) is 19.1 Å². The lowest BCUT2D eigenvalue weighted by molar-refractivity contribution is -0.243. The molecule has 0 radical (unpaired) electrons. The largest absolute Gasteiger partial charge is 0.390 e. The lowest BCUT2D eigenvalue weighted by atomic mass is 10.1. The van der Waals surface area contributed by atoms with Crippen molar-refractivity contribution in [2.45, 2.75) is 43.9 Å². The minimum atomic E-state index is -2.46. The smallest absolute Gasteiger partial charge is 0.330 e. The molecule has 1 aromatic rings. The summed E-state index contributed by atoms with van der Waals surface area (Å²) in [6.45, 7) is 0.870. The summed E-state index contributed by atoms with van der Waals surface area (Å²) >= 11 is 0. The first kappa shape index (κ1) is 14.4. The summed E-state index contributed by atoms with van der Waals surface area (Å²) in [5.74, 6) is -2.46. The second-order valence-corrected chi connectivity index (χ2v) is 4.97. The monoisotopic (exact) mass is 302 g/mol. The SMILES string of the molecule is CCC1O[C@H]2[C@H](n3ccc(=O)[nH]c3=O)O[C@](F)(CO)[C@H]2O1. The molecule has 1 aromatic heterocycles. The number of halogens is 1. The van der Waals surface area contributed by atoms with E-state index >= 15 is 0 Å². The van der Waals surface area contributed by atoms with E-state index < -0.39 is 48.4 Å². The maximum Gasteiger partial charge on any atom is 0.330 e. The number of aliphatic hydroxyl groups excluding tert-OH is 1. The number of fused-ring (bicyclic) bond motifs is 1. The van der Waals surface area contributed by atoms with Crippen molar-refractivity contribution in [1.82, 2.24) is 9.55 Å². The average molecular weight is 302 g/mol. The molecule has 0 aromatic carbocycles. The van der Waals surface area contributed by atoms with Gasteiger partial charge in [0.1, 0.15) is 12.7 Å². The fourth-order valence-corrected chi connectivity index (χ4v) is 2.58. The van der Waals surface area contributed by atoms with Crippen molar-refractivity contribution in [3.8, 4) is 0 Å². The number of hydrogen-bond acceptors (Lipinski definition) is 6. The molecule has 0 spiro atoms. The topological polar surface area (TPSA) is 103 Å². The summed E-state index contributed by atoms with van der Waals surface area (Å²) in [4.78, 5) is 25.0. The summed E-state index contributed by atoms with van der Waals surface area (Å²) in [6, 6.07) is 1.12. The summed E-state index contributed by atoms with van der Waals surface area (Å²) < 4.78 is 31.7. The molecular weight excluding hydrogens is 287 g/mol. The number of aliphatic hydroxyl groups is 1. The average Bonchev–Trinajstić information content (AvgIpc) is 2.99. The van der Waals surface area contributed by atoms with Gasteiger partial charge >= 0.3 is 5.69 Å². The van der Waals surface area contributed by atoms with Crippen molar-refractivity contribution in [3.63, 3.8) is 0 Å². The molecule has 2 fully saturated rings. The van der Waals surface area contributed by atoms with Crippen molar-refractivity contribution in [3.05, 3.63) is 33.1 Å². The lowest BCUT2D eigenvalue weighted by Gasteiger charge is -2.23. The van der Waals surface area contributed by atoms with Crippen LogP contribution in [0.15, 0.2) is 21.9 Å². The second-order valence-electron chi connectivity index (χ2n) is 4.97. The number of hydrogen-bond donors (Lipinski definition) is 2. The Morgan fingerprint density at radius 3 is 2.86 bits per heavy atom. The van der Waals surface area contributed by atoms with Gasteiger partial charge in [0, 0.05) is 12.3 Å². The van der Waals surface area contributed by atoms with Crippen LogP contribution in [0.25, 0.3) is 0 Å². The second kappa shape index (κ2) is 5.02. The third-order valence-corrected chi connectivity index (χ3v) is 3.60. The van der Waals surface area contributed by atoms with Crippen LogP contribution in [0.1, 0.15) is 19.6 Å². The Hall–Kier alpha value is -1.55. The Kier molecular flexibility index (Phi) is 3.44. The highest BCUT2D eigenvalue weighted by atomic mass is 19.2. The van der Waals surface area contributed by atoms with Crippen LogP contribution in [-0.4, -0.2) is 45.6 Å². The molecule has 21 heavy (non-hydrogen) atoms. The lowest BCUT2D eigenvalue weighted by Crippen LogP contribution is -2.41. The quantitative estimate of drug-likeness (QED) is 0.761. The molecule has 8 nitrogen and oxygen atoms in total. The van der Waals surface area contributed by atoms with Crippen LogP contribution in [0.2, 0.25) is 0 Å². The standard InChI is InChI=1S/C12H15FN2O6/c1-2-7-19-8-9(20-7)12(13,5-16)21-10(8)15-4-3-6(17)14-11(15)18/h3-4,7-10,16H,2,5H2,1H3,(H,14,17,18)/t7?,8-,9+,10-,12-/m1/s1. The van der Waals surface area contributed by atoms with E-state index in [1.165, 1.54) is 6.20 Å². The van der Waals surface area contributed by atoms with Gasteiger partial charge in [0.15, 0.2) is 18.6 Å². The summed E-state index contributed by atoms with van der Waals surface area (Å²) in [7, 11) is 0. The van der Waals surface area contributed by atoms with E-state index in [0.29, 0.717) is 6.42 Å². The number of rotatable bonds is 3. The highest BCUT2D eigenvalue weighted by Crippen LogP contribution is 2.45. The molecule has 3 heterocycles. The molecule has 5 atom stereocenters. The van der Waals surface area contributed by atoms with Crippen molar-refractivity contribution in [2.75, 3.05) is 6.61 Å². The van der Waals surface area contributed by atoms with Crippen molar-refractivity contribution < 1.29 is 23.7 Å². The fourth-order valence-electron chi connectivity index (χ4n) is 2.58. The maximum absolute atomic E-state index is 14.6. The summed E-state index contributed by atoms with van der Waals surface area (Å²) in [6.07, 6.45) is -2.12. The first-order chi connectivity index (χ1) is 9.98. The van der Waals surface area contributed by atoms with Gasteiger partial charge in [-0.2, -0.15) is 0 Å². The zero-order chi connectivity index (χ0) is 15.2. The van der Waals surface area contributed by atoms with Gasteiger partial charge in [-0.25, -0.2) is 9.18 Å². The molecule has 3 rings (SSSR count). The summed E-state index contributed by atoms with van der Waals surface area (Å²) in [5.41, 5.74) is -1.33. The van der Waals surface area contributed by atoms with Gasteiger partial charge in [-0.15, -0.1) is 0 Å². The predicted molar refractivity (Wildman–Crippen MR) is 66.2 cm³/mol. The molecule has 0 amide bonds. The molecule has 0 bridgehead atoms. The molecule has 2 aliphatic rings. The number of ether oxygens (including phenoxy) is 3. The van der Waals surface area contributed by atoms with E-state index in [2.05, 4.69) is 4.98 Å². The first-order valence-corrected chi connectivity index (χ1v) is 6.58. The van der Waals surface area contributed by atoms with E-state index in [-0.39, 0.29) is 0 Å². The van der Waals surface area contributed by atoms with Gasteiger partial charge in [-0.3, -0.25) is 14.3 Å². The molecule has 2 saturated heterocycles. The molecule has 9 heteroatoms. The third kappa shape index (κ3) is 2.22. The third-order valence-electron chi connectivity index (χ3n) is 3.60. The van der Waals surface area contributed by atoms with Crippen molar-refractivity contribution >= 4 is 0 Å². The van der Waals surface area contributed by atoms with Crippen LogP contribution in [0.3, 0.4) is 0 Å². The minimum absolute atomic E-state index is 0.488. The van der Waals surface area contributed by atoms with Crippen LogP contribution >= 0.6 is 0 Å². The van der Waals surface area contributed by atoms with E-state index in [1.54, 1.807) is 6.92 Å². The van der Waals surface area contributed by atoms with E-state index in [0.717, 1.165) is 10.6 Å². The Morgan fingerprint density at radius 1 is 1.48 bits per heavy atom. The molecular formula is C12H15FN2O6. The molecule has 2 aliphatic heterocycles. The van der Waals surface area contributed by atoms with Crippen LogP contribution in [0.5, 0.6) is 0 Å². The number of H-pyrrole nitrogens is 1. The Morgan fingerprint density at radius 2 is 2.24 bits per heavy atom. The molecule has 0 saturated carbocycles. The van der Waals surface area contributed by atoms with Crippen LogP contribution in [0.4, 0.5) is 4.39 Å². The summed E-state index contributed by atoms with van der Waals surface area (Å²) in [5, 5.41) is 9.23. The number of nitrogens with one attached hydrogen (secondary N) is 1. The Balaban J connectivity index is 1.99. The maximum atomic E-state index is 14.6. The predicted octanol–water partition coefficient (Wildman–Crippen LogP) is -0.756. The molecule has 2 N–H and O–H groups in total. The van der Waals surface area contributed by atoms with Gasteiger partial charge < -0.3 is 19.3 Å². The normalized spacial score (nSPS) is 38.6. The van der Waals surface area contributed by atoms with Gasteiger partial charge in [-0.1, -0.05) is 6.92 Å². The Labute approximate surface area is 118 Å². The van der Waals surface area contributed by atoms with E-state index in [4.69, 9.17) is 14.2 Å². The van der Waals surface area contributed by atoms with Crippen LogP contribution in [0, 0.1) is 0 Å². The zero-order valence-electron chi connectivity index (χ0n) is 11.2. The number of alkyl halides is 1. The highest BCUT2D eigenvalue weighted by Gasteiger charge is 2.62. The van der Waals surface area contributed by atoms with Crippen molar-refractivity contribution in [2.24, 2.45) is 0 Å². The molecule has 0 aliphatic carbocycles. The fraction of sp³-hybridized carbons (Fsp3) is 0.667.